The van der Waals surface area contributed by atoms with Crippen LogP contribution in [0.3, 0.4) is 0 Å². The van der Waals surface area contributed by atoms with Gasteiger partial charge in [-0.05, 0) is 52.2 Å². The van der Waals surface area contributed by atoms with Gasteiger partial charge in [-0.1, -0.05) is 6.92 Å². The summed E-state index contributed by atoms with van der Waals surface area (Å²) >= 11 is 0. The van der Waals surface area contributed by atoms with Gasteiger partial charge in [0.1, 0.15) is 0 Å². The molecule has 6 heteroatoms. The third-order valence-electron chi connectivity index (χ3n) is 4.22. The Labute approximate surface area is 133 Å². The van der Waals surface area contributed by atoms with Gasteiger partial charge in [0.05, 0.1) is 18.4 Å². The minimum absolute atomic E-state index is 0.0419. The van der Waals surface area contributed by atoms with E-state index in [1.165, 1.54) is 0 Å². The molecule has 22 heavy (non-hydrogen) atoms. The Balaban J connectivity index is 0.000000220. The van der Waals surface area contributed by atoms with E-state index in [-0.39, 0.29) is 17.8 Å². The van der Waals surface area contributed by atoms with Crippen LogP contribution in [0.5, 0.6) is 0 Å². The summed E-state index contributed by atoms with van der Waals surface area (Å²) in [4.78, 5) is 23.9. The average Bonchev–Trinajstić information content (AvgIpc) is 2.56. The van der Waals surface area contributed by atoms with E-state index < -0.39 is 5.97 Å². The Morgan fingerprint density at radius 1 is 1.23 bits per heavy atom. The van der Waals surface area contributed by atoms with Crippen molar-refractivity contribution in [3.8, 4) is 0 Å². The molecule has 128 valence electrons. The zero-order chi connectivity index (χ0) is 16.4. The second-order valence-electron chi connectivity index (χ2n) is 5.87. The predicted molar refractivity (Wildman–Crippen MR) is 84.7 cm³/mol. The molecule has 0 unspecified atom stereocenters. The standard InChI is InChI=1S/2C8H15NO2/c1-2-11-8(10)7-4-3-5-9-6-7;1-2-9-5-3-4-7(6-9)8(10)11/h7,9H,2-6H2,1H3;7H,2-6H2,1H3,(H,10,11)/t2*7-/m00/s1. The second kappa shape index (κ2) is 10.6. The number of hydrogen-bond donors (Lipinski definition) is 2. The largest absolute Gasteiger partial charge is 0.481 e. The molecule has 0 saturated carbocycles. The maximum absolute atomic E-state index is 11.1. The molecule has 2 fully saturated rings. The smallest absolute Gasteiger partial charge is 0.310 e. The molecule has 0 aromatic heterocycles. The van der Waals surface area contributed by atoms with Crippen LogP contribution in [0.25, 0.3) is 0 Å². The first-order chi connectivity index (χ1) is 10.6. The lowest BCUT2D eigenvalue weighted by Crippen LogP contribution is -2.38. The number of esters is 1. The van der Waals surface area contributed by atoms with E-state index in [4.69, 9.17) is 9.84 Å². The van der Waals surface area contributed by atoms with E-state index in [9.17, 15) is 9.59 Å². The van der Waals surface area contributed by atoms with Crippen molar-refractivity contribution in [2.24, 2.45) is 11.8 Å². The third kappa shape index (κ3) is 6.75. The van der Waals surface area contributed by atoms with Crippen LogP contribution in [-0.2, 0) is 14.3 Å². The first-order valence-electron chi connectivity index (χ1n) is 8.41. The first kappa shape index (κ1) is 18.9. The number of piperidine rings is 2. The number of carbonyl (C=O) groups is 2. The van der Waals surface area contributed by atoms with Gasteiger partial charge in [-0.15, -0.1) is 0 Å². The Morgan fingerprint density at radius 3 is 2.50 bits per heavy atom. The van der Waals surface area contributed by atoms with E-state index in [2.05, 4.69) is 17.1 Å². The van der Waals surface area contributed by atoms with Crippen molar-refractivity contribution in [2.75, 3.05) is 39.3 Å². The average molecular weight is 314 g/mol. The van der Waals surface area contributed by atoms with Crippen LogP contribution in [0, 0.1) is 11.8 Å². The summed E-state index contributed by atoms with van der Waals surface area (Å²) in [7, 11) is 0. The van der Waals surface area contributed by atoms with Crippen LogP contribution in [-0.4, -0.2) is 61.3 Å². The second-order valence-corrected chi connectivity index (χ2v) is 5.87. The number of likely N-dealkylation sites (tertiary alicyclic amines) is 1. The summed E-state index contributed by atoms with van der Waals surface area (Å²) in [6.07, 6.45) is 3.95. The molecule has 2 saturated heterocycles. The number of ether oxygens (including phenoxy) is 1. The summed E-state index contributed by atoms with van der Waals surface area (Å²) in [5, 5.41) is 11.9. The van der Waals surface area contributed by atoms with Crippen LogP contribution in [0.1, 0.15) is 39.5 Å². The summed E-state index contributed by atoms with van der Waals surface area (Å²) in [6, 6.07) is 0. The van der Waals surface area contributed by atoms with E-state index in [1.54, 1.807) is 0 Å². The molecule has 2 aliphatic rings. The van der Waals surface area contributed by atoms with Crippen molar-refractivity contribution in [3.63, 3.8) is 0 Å². The highest BCUT2D eigenvalue weighted by atomic mass is 16.5. The maximum atomic E-state index is 11.1. The minimum Gasteiger partial charge on any atom is -0.481 e. The lowest BCUT2D eigenvalue weighted by Gasteiger charge is -2.29. The topological polar surface area (TPSA) is 78.9 Å². The van der Waals surface area contributed by atoms with Gasteiger partial charge in [0, 0.05) is 13.1 Å². The molecule has 0 amide bonds. The molecule has 6 nitrogen and oxygen atoms in total. The van der Waals surface area contributed by atoms with Gasteiger partial charge in [-0.2, -0.15) is 0 Å². The fourth-order valence-corrected chi connectivity index (χ4v) is 2.86. The molecule has 2 N–H and O–H groups in total. The fraction of sp³-hybridized carbons (Fsp3) is 0.875. The van der Waals surface area contributed by atoms with Gasteiger partial charge in [-0.25, -0.2) is 0 Å². The normalized spacial score (nSPS) is 25.7. The number of carboxylic acids is 1. The molecular formula is C16H30N2O4. The zero-order valence-electron chi connectivity index (χ0n) is 13.8. The summed E-state index contributed by atoms with van der Waals surface area (Å²) in [5.41, 5.74) is 0. The number of nitrogens with one attached hydrogen (secondary N) is 1. The maximum Gasteiger partial charge on any atom is 0.310 e. The number of nitrogens with zero attached hydrogens (tertiary/aromatic N) is 1. The van der Waals surface area contributed by atoms with Gasteiger partial charge in [0.2, 0.25) is 0 Å². The molecule has 0 radical (unpaired) electrons. The van der Waals surface area contributed by atoms with E-state index in [0.29, 0.717) is 6.61 Å². The van der Waals surface area contributed by atoms with Crippen molar-refractivity contribution in [1.82, 2.24) is 10.2 Å². The SMILES string of the molecule is CCN1CCC[C@H](C(=O)O)C1.CCOC(=O)[C@H]1CCCNC1. The van der Waals surface area contributed by atoms with E-state index >= 15 is 0 Å². The molecule has 2 aliphatic heterocycles. The molecule has 2 rings (SSSR count). The van der Waals surface area contributed by atoms with Gasteiger partial charge in [-0.3, -0.25) is 9.59 Å². The van der Waals surface area contributed by atoms with Crippen molar-refractivity contribution in [2.45, 2.75) is 39.5 Å². The molecule has 2 heterocycles. The number of aliphatic carboxylic acids is 1. The molecular weight excluding hydrogens is 284 g/mol. The monoisotopic (exact) mass is 314 g/mol. The van der Waals surface area contributed by atoms with Crippen LogP contribution in [0.2, 0.25) is 0 Å². The molecule has 0 spiro atoms. The van der Waals surface area contributed by atoms with Gasteiger partial charge >= 0.3 is 11.9 Å². The predicted octanol–water partition coefficient (Wildman–Crippen LogP) is 1.35. The lowest BCUT2D eigenvalue weighted by atomic mass is 9.98. The van der Waals surface area contributed by atoms with Crippen molar-refractivity contribution in [1.29, 1.82) is 0 Å². The Hall–Kier alpha value is -1.14. The van der Waals surface area contributed by atoms with Crippen LogP contribution < -0.4 is 5.32 Å². The highest BCUT2D eigenvalue weighted by Crippen LogP contribution is 2.15. The number of carboxylic acid groups (broad SMARTS) is 1. The highest BCUT2D eigenvalue weighted by Gasteiger charge is 2.24. The molecule has 0 aromatic rings. The number of carbonyl (C=O) groups excluding carboxylic acids is 1. The Bertz CT molecular complexity index is 343. The zero-order valence-corrected chi connectivity index (χ0v) is 13.8. The quantitative estimate of drug-likeness (QED) is 0.763. The van der Waals surface area contributed by atoms with Crippen molar-refractivity contribution < 1.29 is 19.4 Å². The van der Waals surface area contributed by atoms with E-state index in [1.807, 2.05) is 6.92 Å². The molecule has 0 aromatic carbocycles. The van der Waals surface area contributed by atoms with Crippen molar-refractivity contribution >= 4 is 11.9 Å². The fourth-order valence-electron chi connectivity index (χ4n) is 2.86. The third-order valence-corrected chi connectivity index (χ3v) is 4.22. The van der Waals surface area contributed by atoms with Gasteiger partial charge in [0.15, 0.2) is 0 Å². The first-order valence-corrected chi connectivity index (χ1v) is 8.41. The number of rotatable bonds is 4. The van der Waals surface area contributed by atoms with Gasteiger partial charge in [0.25, 0.3) is 0 Å². The van der Waals surface area contributed by atoms with Crippen LogP contribution in [0.15, 0.2) is 0 Å². The summed E-state index contributed by atoms with van der Waals surface area (Å²) < 4.78 is 4.90. The van der Waals surface area contributed by atoms with Gasteiger partial charge < -0.3 is 20.1 Å². The van der Waals surface area contributed by atoms with Crippen LogP contribution >= 0.6 is 0 Å². The number of hydrogen-bond acceptors (Lipinski definition) is 5. The summed E-state index contributed by atoms with van der Waals surface area (Å²) in [6.45, 7) is 9.03. The minimum atomic E-state index is -0.636. The van der Waals surface area contributed by atoms with Crippen molar-refractivity contribution in [3.05, 3.63) is 0 Å². The Kier molecular flexibility index (Phi) is 9.08. The lowest BCUT2D eigenvalue weighted by molar-refractivity contribution is -0.148. The van der Waals surface area contributed by atoms with Crippen LogP contribution in [0.4, 0.5) is 0 Å². The molecule has 0 bridgehead atoms. The summed E-state index contributed by atoms with van der Waals surface area (Å²) in [5.74, 6) is -0.699. The molecule has 2 atom stereocenters. The highest BCUT2D eigenvalue weighted by molar-refractivity contribution is 5.72. The molecule has 0 aliphatic carbocycles. The van der Waals surface area contributed by atoms with E-state index in [0.717, 1.165) is 58.4 Å². The Morgan fingerprint density at radius 2 is 1.95 bits per heavy atom.